The van der Waals surface area contributed by atoms with Gasteiger partial charge in [0.15, 0.2) is 4.67 Å². The van der Waals surface area contributed by atoms with Crippen LogP contribution in [0.15, 0.2) is 20.0 Å². The summed E-state index contributed by atoms with van der Waals surface area (Å²) in [6, 6.07) is 1.17. The average Bonchev–Trinajstić information content (AvgIpc) is 2.65. The third-order valence-corrected chi connectivity index (χ3v) is 4.27. The highest BCUT2D eigenvalue weighted by Gasteiger charge is 2.31. The molecule has 0 amide bonds. The van der Waals surface area contributed by atoms with Gasteiger partial charge in [-0.2, -0.15) is 13.2 Å². The molecule has 0 saturated carbocycles. The molecule has 0 aliphatic carbocycles. The Bertz CT molecular complexity index is 527. The highest BCUT2D eigenvalue weighted by molar-refractivity contribution is 9.10. The first-order valence-corrected chi connectivity index (χ1v) is 7.48. The van der Waals surface area contributed by atoms with Gasteiger partial charge in [-0.25, -0.2) is 13.1 Å². The van der Waals surface area contributed by atoms with E-state index in [2.05, 4.69) is 21.2 Å². The molecule has 0 aliphatic heterocycles. The largest absolute Gasteiger partial charge is 0.452 e. The van der Waals surface area contributed by atoms with Crippen LogP contribution >= 0.6 is 15.9 Å². The van der Waals surface area contributed by atoms with E-state index < -0.39 is 22.7 Å². The number of hydrogen-bond donors (Lipinski definition) is 2. The fourth-order valence-electron chi connectivity index (χ4n) is 1.17. The van der Waals surface area contributed by atoms with Crippen molar-refractivity contribution in [2.75, 3.05) is 13.1 Å². The zero-order chi connectivity index (χ0) is 14.7. The minimum absolute atomic E-state index is 0.130. The number of halogens is 4. The molecule has 0 radical (unpaired) electrons. The van der Waals surface area contributed by atoms with Gasteiger partial charge in [0.05, 0.1) is 6.54 Å². The highest BCUT2D eigenvalue weighted by atomic mass is 79.9. The summed E-state index contributed by atoms with van der Waals surface area (Å²) < 4.78 is 65.8. The lowest BCUT2D eigenvalue weighted by atomic mass is 10.4. The molecule has 1 rings (SSSR count). The van der Waals surface area contributed by atoms with Gasteiger partial charge in [-0.15, -0.1) is 0 Å². The van der Waals surface area contributed by atoms with E-state index in [1.807, 2.05) is 6.92 Å². The molecule has 19 heavy (non-hydrogen) atoms. The standard InChI is InChI=1S/C9H12BrF3N2O3S/c1-2-14-4-6-3-7(8(10)18-6)19(16,17)15-5-9(11,12)13/h3,14-15H,2,4-5H2,1H3. The third-order valence-electron chi connectivity index (χ3n) is 2.01. The van der Waals surface area contributed by atoms with Gasteiger partial charge in [-0.05, 0) is 22.5 Å². The molecule has 0 spiro atoms. The summed E-state index contributed by atoms with van der Waals surface area (Å²) in [5, 5.41) is 2.90. The molecule has 0 atom stereocenters. The second kappa shape index (κ2) is 6.25. The Morgan fingerprint density at radius 3 is 2.58 bits per heavy atom. The Balaban J connectivity index is 2.86. The molecule has 10 heteroatoms. The first kappa shape index (κ1) is 16.5. The van der Waals surface area contributed by atoms with E-state index in [0.29, 0.717) is 12.3 Å². The van der Waals surface area contributed by atoms with Crippen LogP contribution in [0.3, 0.4) is 0 Å². The molecule has 0 saturated heterocycles. The zero-order valence-electron chi connectivity index (χ0n) is 9.84. The Labute approximate surface area is 116 Å². The van der Waals surface area contributed by atoms with Gasteiger partial charge >= 0.3 is 6.18 Å². The first-order valence-electron chi connectivity index (χ1n) is 5.21. The number of nitrogens with one attached hydrogen (secondary N) is 2. The predicted octanol–water partition coefficient (Wildman–Crippen LogP) is 1.99. The molecular formula is C9H12BrF3N2O3S. The van der Waals surface area contributed by atoms with Crippen molar-refractivity contribution in [3.8, 4) is 0 Å². The molecule has 0 fully saturated rings. The van der Waals surface area contributed by atoms with Crippen molar-refractivity contribution in [2.45, 2.75) is 24.5 Å². The molecule has 0 bridgehead atoms. The maximum absolute atomic E-state index is 12.0. The molecule has 0 aromatic carbocycles. The third kappa shape index (κ3) is 5.13. The lowest BCUT2D eigenvalue weighted by Crippen LogP contribution is -2.33. The summed E-state index contributed by atoms with van der Waals surface area (Å²) in [5.74, 6) is 0.307. The predicted molar refractivity (Wildman–Crippen MR) is 65.0 cm³/mol. The lowest BCUT2D eigenvalue weighted by molar-refractivity contribution is -0.121. The summed E-state index contributed by atoms with van der Waals surface area (Å²) in [6.45, 7) is 1.15. The quantitative estimate of drug-likeness (QED) is 0.809. The van der Waals surface area contributed by atoms with Crippen LogP contribution in [0.1, 0.15) is 12.7 Å². The van der Waals surface area contributed by atoms with Crippen molar-refractivity contribution in [1.82, 2.24) is 10.0 Å². The van der Waals surface area contributed by atoms with Crippen molar-refractivity contribution in [2.24, 2.45) is 0 Å². The van der Waals surface area contributed by atoms with Gasteiger partial charge in [0.2, 0.25) is 10.0 Å². The second-order valence-electron chi connectivity index (χ2n) is 3.57. The maximum atomic E-state index is 12.0. The molecule has 0 unspecified atom stereocenters. The summed E-state index contributed by atoms with van der Waals surface area (Å²) in [7, 11) is -4.27. The van der Waals surface area contributed by atoms with E-state index in [9.17, 15) is 21.6 Å². The molecule has 110 valence electrons. The number of hydrogen-bond acceptors (Lipinski definition) is 4. The Morgan fingerprint density at radius 2 is 2.05 bits per heavy atom. The zero-order valence-corrected chi connectivity index (χ0v) is 12.2. The molecule has 0 aliphatic rings. The number of furan rings is 1. The fourth-order valence-corrected chi connectivity index (χ4v) is 3.18. The summed E-state index contributed by atoms with van der Waals surface area (Å²) in [4.78, 5) is -0.357. The number of rotatable bonds is 6. The van der Waals surface area contributed by atoms with Crippen LogP contribution in [0.5, 0.6) is 0 Å². The van der Waals surface area contributed by atoms with Gasteiger partial charge in [-0.3, -0.25) is 0 Å². The minimum Gasteiger partial charge on any atom is -0.452 e. The highest BCUT2D eigenvalue weighted by Crippen LogP contribution is 2.26. The summed E-state index contributed by atoms with van der Waals surface area (Å²) in [5.41, 5.74) is 0. The topological polar surface area (TPSA) is 71.3 Å². The molecular weight excluding hydrogens is 353 g/mol. The lowest BCUT2D eigenvalue weighted by Gasteiger charge is -2.07. The fraction of sp³-hybridized carbons (Fsp3) is 0.556. The van der Waals surface area contributed by atoms with Crippen LogP contribution in [0.4, 0.5) is 13.2 Å². The van der Waals surface area contributed by atoms with E-state index in [1.165, 1.54) is 10.8 Å². The molecule has 1 aromatic rings. The van der Waals surface area contributed by atoms with Crippen LogP contribution in [0.2, 0.25) is 0 Å². The average molecular weight is 365 g/mol. The minimum atomic E-state index is -4.62. The Hall–Kier alpha value is -0.580. The van der Waals surface area contributed by atoms with Crippen LogP contribution < -0.4 is 10.0 Å². The van der Waals surface area contributed by atoms with E-state index in [1.54, 1.807) is 0 Å². The van der Waals surface area contributed by atoms with E-state index >= 15 is 0 Å². The normalized spacial score (nSPS) is 12.9. The van der Waals surface area contributed by atoms with Gasteiger partial charge in [-0.1, -0.05) is 6.92 Å². The van der Waals surface area contributed by atoms with Crippen molar-refractivity contribution < 1.29 is 26.0 Å². The maximum Gasteiger partial charge on any atom is 0.402 e. The van der Waals surface area contributed by atoms with Crippen LogP contribution in [0, 0.1) is 0 Å². The SMILES string of the molecule is CCNCc1cc(S(=O)(=O)NCC(F)(F)F)c(Br)o1. The van der Waals surface area contributed by atoms with Crippen LogP contribution in [-0.2, 0) is 16.6 Å². The van der Waals surface area contributed by atoms with Crippen molar-refractivity contribution >= 4 is 26.0 Å². The van der Waals surface area contributed by atoms with E-state index in [4.69, 9.17) is 4.42 Å². The Kier molecular flexibility index (Phi) is 5.42. The first-order chi connectivity index (χ1) is 8.65. The number of sulfonamides is 1. The van der Waals surface area contributed by atoms with Crippen molar-refractivity contribution in [1.29, 1.82) is 0 Å². The van der Waals surface area contributed by atoms with E-state index in [0.717, 1.165) is 0 Å². The molecule has 1 heterocycles. The summed E-state index contributed by atoms with van der Waals surface area (Å²) >= 11 is 2.87. The van der Waals surface area contributed by atoms with Crippen LogP contribution in [-0.4, -0.2) is 27.7 Å². The van der Waals surface area contributed by atoms with Gasteiger partial charge in [0, 0.05) is 6.07 Å². The summed E-state index contributed by atoms with van der Waals surface area (Å²) in [6.07, 6.45) is -4.62. The molecule has 5 nitrogen and oxygen atoms in total. The monoisotopic (exact) mass is 364 g/mol. The van der Waals surface area contributed by atoms with Crippen molar-refractivity contribution in [3.63, 3.8) is 0 Å². The van der Waals surface area contributed by atoms with Crippen molar-refractivity contribution in [3.05, 3.63) is 16.5 Å². The smallest absolute Gasteiger partial charge is 0.402 e. The molecule has 2 N–H and O–H groups in total. The van der Waals surface area contributed by atoms with E-state index in [-0.39, 0.29) is 16.1 Å². The second-order valence-corrected chi connectivity index (χ2v) is 6.03. The number of alkyl halides is 3. The van der Waals surface area contributed by atoms with Gasteiger partial charge in [0.1, 0.15) is 17.2 Å². The van der Waals surface area contributed by atoms with Crippen LogP contribution in [0.25, 0.3) is 0 Å². The van der Waals surface area contributed by atoms with Gasteiger partial charge < -0.3 is 9.73 Å². The Morgan fingerprint density at radius 1 is 1.42 bits per heavy atom. The molecule has 1 aromatic heterocycles. The van der Waals surface area contributed by atoms with Gasteiger partial charge in [0.25, 0.3) is 0 Å².